The molecule has 2 heterocycles. The van der Waals surface area contributed by atoms with Gasteiger partial charge in [0.15, 0.2) is 5.82 Å². The number of likely N-dealkylation sites (tertiary alicyclic amines) is 1. The molecular formula is C13H21N3O3. The quantitative estimate of drug-likeness (QED) is 0.896. The van der Waals surface area contributed by atoms with E-state index in [2.05, 4.69) is 10.1 Å². The van der Waals surface area contributed by atoms with Crippen LogP contribution in [0.1, 0.15) is 57.2 Å². The fourth-order valence-corrected chi connectivity index (χ4v) is 2.37. The Morgan fingerprint density at radius 3 is 2.79 bits per heavy atom. The molecule has 1 aromatic rings. The van der Waals surface area contributed by atoms with E-state index in [0.29, 0.717) is 18.3 Å². The zero-order valence-electron chi connectivity index (χ0n) is 11.7. The Morgan fingerprint density at radius 1 is 1.47 bits per heavy atom. The van der Waals surface area contributed by atoms with Gasteiger partial charge in [0, 0.05) is 18.4 Å². The zero-order valence-corrected chi connectivity index (χ0v) is 11.7. The molecule has 0 radical (unpaired) electrons. The Bertz CT molecular complexity index is 444. The van der Waals surface area contributed by atoms with Crippen LogP contribution in [0.2, 0.25) is 0 Å². The SMILES string of the molecule is CC(C)c1nc(C2CCCN(C(C)C(=O)O)C2)no1. The van der Waals surface area contributed by atoms with Gasteiger partial charge in [-0.3, -0.25) is 9.69 Å². The highest BCUT2D eigenvalue weighted by Crippen LogP contribution is 2.27. The van der Waals surface area contributed by atoms with Crippen LogP contribution in [-0.4, -0.2) is 45.2 Å². The first kappa shape index (κ1) is 14.0. The molecule has 106 valence electrons. The molecule has 2 rings (SSSR count). The lowest BCUT2D eigenvalue weighted by Crippen LogP contribution is -2.44. The number of piperidine rings is 1. The predicted molar refractivity (Wildman–Crippen MR) is 69.0 cm³/mol. The van der Waals surface area contributed by atoms with Gasteiger partial charge < -0.3 is 9.63 Å². The molecule has 1 saturated heterocycles. The van der Waals surface area contributed by atoms with Crippen molar-refractivity contribution in [2.45, 2.75) is 51.5 Å². The van der Waals surface area contributed by atoms with Crippen molar-refractivity contribution in [1.29, 1.82) is 0 Å². The van der Waals surface area contributed by atoms with Crippen molar-refractivity contribution in [3.05, 3.63) is 11.7 Å². The molecule has 1 aliphatic rings. The van der Waals surface area contributed by atoms with Crippen LogP contribution in [-0.2, 0) is 4.79 Å². The number of aliphatic carboxylic acids is 1. The molecule has 0 aliphatic carbocycles. The zero-order chi connectivity index (χ0) is 14.0. The van der Waals surface area contributed by atoms with Gasteiger partial charge in [-0.1, -0.05) is 19.0 Å². The van der Waals surface area contributed by atoms with E-state index in [-0.39, 0.29) is 11.8 Å². The minimum Gasteiger partial charge on any atom is -0.480 e. The van der Waals surface area contributed by atoms with E-state index in [1.165, 1.54) is 0 Å². The molecule has 1 N–H and O–H groups in total. The average Bonchev–Trinajstić information content (AvgIpc) is 2.87. The van der Waals surface area contributed by atoms with Gasteiger partial charge in [0.2, 0.25) is 5.89 Å². The first-order valence-electron chi connectivity index (χ1n) is 6.79. The van der Waals surface area contributed by atoms with Gasteiger partial charge in [0.25, 0.3) is 0 Å². The lowest BCUT2D eigenvalue weighted by Gasteiger charge is -2.33. The molecule has 2 unspecified atom stereocenters. The van der Waals surface area contributed by atoms with Crippen LogP contribution in [0.5, 0.6) is 0 Å². The summed E-state index contributed by atoms with van der Waals surface area (Å²) in [5.74, 6) is 0.978. The number of hydrogen-bond donors (Lipinski definition) is 1. The van der Waals surface area contributed by atoms with Gasteiger partial charge >= 0.3 is 5.97 Å². The van der Waals surface area contributed by atoms with Crippen LogP contribution in [0.25, 0.3) is 0 Å². The molecule has 19 heavy (non-hydrogen) atoms. The van der Waals surface area contributed by atoms with Gasteiger partial charge in [-0.05, 0) is 26.3 Å². The first-order chi connectivity index (χ1) is 8.99. The molecule has 0 aromatic carbocycles. The fraction of sp³-hybridized carbons (Fsp3) is 0.769. The molecule has 0 saturated carbocycles. The van der Waals surface area contributed by atoms with E-state index in [1.807, 2.05) is 18.7 Å². The average molecular weight is 267 g/mol. The Balaban J connectivity index is 2.06. The van der Waals surface area contributed by atoms with E-state index in [1.54, 1.807) is 6.92 Å². The standard InChI is InChI=1S/C13H21N3O3/c1-8(2)12-14-11(15-19-12)10-5-4-6-16(7-10)9(3)13(17)18/h8-10H,4-7H2,1-3H3,(H,17,18). The maximum Gasteiger partial charge on any atom is 0.320 e. The van der Waals surface area contributed by atoms with E-state index in [9.17, 15) is 4.79 Å². The molecule has 1 aromatic heterocycles. The summed E-state index contributed by atoms with van der Waals surface area (Å²) in [6.45, 7) is 7.25. The molecule has 1 aliphatic heterocycles. The van der Waals surface area contributed by atoms with E-state index < -0.39 is 12.0 Å². The first-order valence-corrected chi connectivity index (χ1v) is 6.79. The third kappa shape index (κ3) is 3.12. The Labute approximate surface area is 112 Å². The third-order valence-corrected chi connectivity index (χ3v) is 3.67. The molecular weight excluding hydrogens is 246 g/mol. The normalized spacial score (nSPS) is 22.6. The highest BCUT2D eigenvalue weighted by Gasteiger charge is 2.30. The summed E-state index contributed by atoms with van der Waals surface area (Å²) < 4.78 is 5.23. The number of carboxylic acid groups (broad SMARTS) is 1. The van der Waals surface area contributed by atoms with Gasteiger partial charge in [-0.25, -0.2) is 0 Å². The predicted octanol–water partition coefficient (Wildman–Crippen LogP) is 1.85. The summed E-state index contributed by atoms with van der Waals surface area (Å²) >= 11 is 0. The van der Waals surface area contributed by atoms with Crippen molar-refractivity contribution >= 4 is 5.97 Å². The van der Waals surface area contributed by atoms with E-state index in [0.717, 1.165) is 19.4 Å². The maximum atomic E-state index is 11.0. The van der Waals surface area contributed by atoms with Crippen molar-refractivity contribution in [1.82, 2.24) is 15.0 Å². The Hall–Kier alpha value is -1.43. The van der Waals surface area contributed by atoms with Gasteiger partial charge in [0.1, 0.15) is 6.04 Å². The number of aromatic nitrogens is 2. The van der Waals surface area contributed by atoms with Gasteiger partial charge in [0.05, 0.1) is 0 Å². The Morgan fingerprint density at radius 2 is 2.21 bits per heavy atom. The molecule has 2 atom stereocenters. The highest BCUT2D eigenvalue weighted by atomic mass is 16.5. The summed E-state index contributed by atoms with van der Waals surface area (Å²) in [6, 6.07) is -0.459. The van der Waals surface area contributed by atoms with Crippen molar-refractivity contribution in [3.8, 4) is 0 Å². The monoisotopic (exact) mass is 267 g/mol. The molecule has 0 spiro atoms. The van der Waals surface area contributed by atoms with Gasteiger partial charge in [-0.15, -0.1) is 0 Å². The highest BCUT2D eigenvalue weighted by molar-refractivity contribution is 5.72. The van der Waals surface area contributed by atoms with Crippen molar-refractivity contribution in [2.24, 2.45) is 0 Å². The summed E-state index contributed by atoms with van der Waals surface area (Å²) in [5.41, 5.74) is 0. The number of carboxylic acids is 1. The minimum atomic E-state index is -0.781. The second-order valence-corrected chi connectivity index (χ2v) is 5.49. The fourth-order valence-electron chi connectivity index (χ4n) is 2.37. The van der Waals surface area contributed by atoms with Crippen LogP contribution in [0, 0.1) is 0 Å². The molecule has 0 bridgehead atoms. The summed E-state index contributed by atoms with van der Waals surface area (Å²) in [5, 5.41) is 13.1. The number of rotatable bonds is 4. The molecule has 6 heteroatoms. The number of nitrogens with zero attached hydrogens (tertiary/aromatic N) is 3. The minimum absolute atomic E-state index is 0.173. The Kier molecular flexibility index (Phi) is 4.19. The second-order valence-electron chi connectivity index (χ2n) is 5.49. The summed E-state index contributed by atoms with van der Waals surface area (Å²) in [7, 11) is 0. The smallest absolute Gasteiger partial charge is 0.320 e. The van der Waals surface area contributed by atoms with E-state index in [4.69, 9.17) is 9.63 Å². The van der Waals surface area contributed by atoms with Crippen LogP contribution >= 0.6 is 0 Å². The number of hydrogen-bond acceptors (Lipinski definition) is 5. The lowest BCUT2D eigenvalue weighted by molar-refractivity contribution is -0.143. The second kappa shape index (κ2) is 5.69. The summed E-state index contributed by atoms with van der Waals surface area (Å²) in [6.07, 6.45) is 1.95. The molecule has 0 amide bonds. The topological polar surface area (TPSA) is 79.5 Å². The third-order valence-electron chi connectivity index (χ3n) is 3.67. The van der Waals surface area contributed by atoms with Crippen LogP contribution < -0.4 is 0 Å². The lowest BCUT2D eigenvalue weighted by atomic mass is 9.96. The van der Waals surface area contributed by atoms with Crippen LogP contribution in [0.4, 0.5) is 0 Å². The summed E-state index contributed by atoms with van der Waals surface area (Å²) in [4.78, 5) is 17.4. The van der Waals surface area contributed by atoms with Crippen LogP contribution in [0.15, 0.2) is 4.52 Å². The van der Waals surface area contributed by atoms with Crippen molar-refractivity contribution < 1.29 is 14.4 Å². The van der Waals surface area contributed by atoms with Crippen molar-refractivity contribution in [3.63, 3.8) is 0 Å². The maximum absolute atomic E-state index is 11.0. The largest absolute Gasteiger partial charge is 0.480 e. The molecule has 1 fully saturated rings. The van der Waals surface area contributed by atoms with E-state index >= 15 is 0 Å². The number of carbonyl (C=O) groups is 1. The van der Waals surface area contributed by atoms with Crippen molar-refractivity contribution in [2.75, 3.05) is 13.1 Å². The molecule has 6 nitrogen and oxygen atoms in total. The van der Waals surface area contributed by atoms with Gasteiger partial charge in [-0.2, -0.15) is 4.98 Å². The van der Waals surface area contributed by atoms with Crippen LogP contribution in [0.3, 0.4) is 0 Å².